The summed E-state index contributed by atoms with van der Waals surface area (Å²) in [6, 6.07) is 11.3. The lowest BCUT2D eigenvalue weighted by Crippen LogP contribution is -2.44. The Kier molecular flexibility index (Phi) is 6.51. The van der Waals surface area contributed by atoms with Crippen molar-refractivity contribution in [2.45, 2.75) is 6.04 Å². The smallest absolute Gasteiger partial charge is 0.319 e. The molecule has 0 saturated carbocycles. The van der Waals surface area contributed by atoms with E-state index in [1.165, 1.54) is 30.3 Å². The number of carbonyl (C=O) groups is 1. The van der Waals surface area contributed by atoms with E-state index in [0.717, 1.165) is 5.56 Å². The number of benzene rings is 2. The molecule has 2 aromatic rings. The molecule has 0 aromatic heterocycles. The lowest BCUT2D eigenvalue weighted by Gasteiger charge is -2.34. The van der Waals surface area contributed by atoms with Crippen LogP contribution in [-0.2, 0) is 4.74 Å². The van der Waals surface area contributed by atoms with Gasteiger partial charge in [0, 0.05) is 37.5 Å². The van der Waals surface area contributed by atoms with Gasteiger partial charge in [-0.1, -0.05) is 18.2 Å². The number of ether oxygens (including phenoxy) is 1. The van der Waals surface area contributed by atoms with Gasteiger partial charge in [-0.25, -0.2) is 9.18 Å². The second-order valence-electron chi connectivity index (χ2n) is 6.36. The SMILES string of the molecule is O=C(NCC(c1ccc(F)cc1)N1CCOCC1)Nc1cccc([N+](=O)[O-])c1. The van der Waals surface area contributed by atoms with Gasteiger partial charge in [0.15, 0.2) is 0 Å². The van der Waals surface area contributed by atoms with Crippen molar-refractivity contribution in [3.8, 4) is 0 Å². The fourth-order valence-corrected chi connectivity index (χ4v) is 3.09. The van der Waals surface area contributed by atoms with Gasteiger partial charge >= 0.3 is 6.03 Å². The number of rotatable bonds is 6. The number of hydrogen-bond acceptors (Lipinski definition) is 5. The van der Waals surface area contributed by atoms with Gasteiger partial charge in [0.25, 0.3) is 5.69 Å². The minimum Gasteiger partial charge on any atom is -0.379 e. The molecular weight excluding hydrogens is 367 g/mol. The van der Waals surface area contributed by atoms with Gasteiger partial charge in [-0.3, -0.25) is 15.0 Å². The average Bonchev–Trinajstić information content (AvgIpc) is 2.70. The van der Waals surface area contributed by atoms with Crippen LogP contribution in [0.25, 0.3) is 0 Å². The minimum absolute atomic E-state index is 0.102. The van der Waals surface area contributed by atoms with E-state index in [1.807, 2.05) is 0 Å². The third-order valence-electron chi connectivity index (χ3n) is 4.51. The van der Waals surface area contributed by atoms with Gasteiger partial charge in [0.1, 0.15) is 5.82 Å². The summed E-state index contributed by atoms with van der Waals surface area (Å²) in [5.41, 5.74) is 1.12. The molecule has 1 heterocycles. The summed E-state index contributed by atoms with van der Waals surface area (Å²) in [4.78, 5) is 24.8. The normalized spacial score (nSPS) is 15.6. The Labute approximate surface area is 161 Å². The molecule has 1 saturated heterocycles. The van der Waals surface area contributed by atoms with Gasteiger partial charge in [-0.15, -0.1) is 0 Å². The first kappa shape index (κ1) is 19.7. The van der Waals surface area contributed by atoms with Crippen LogP contribution in [-0.4, -0.2) is 48.7 Å². The maximum atomic E-state index is 13.3. The maximum Gasteiger partial charge on any atom is 0.319 e. The van der Waals surface area contributed by atoms with E-state index >= 15 is 0 Å². The molecule has 1 aliphatic heterocycles. The first-order valence-electron chi connectivity index (χ1n) is 8.89. The number of nitro benzene ring substituents is 1. The van der Waals surface area contributed by atoms with Crippen molar-refractivity contribution in [2.24, 2.45) is 0 Å². The molecule has 3 rings (SSSR count). The summed E-state index contributed by atoms with van der Waals surface area (Å²) >= 11 is 0. The van der Waals surface area contributed by atoms with Crippen LogP contribution in [0.2, 0.25) is 0 Å². The monoisotopic (exact) mass is 388 g/mol. The molecule has 9 heteroatoms. The van der Waals surface area contributed by atoms with Gasteiger partial charge < -0.3 is 15.4 Å². The summed E-state index contributed by atoms with van der Waals surface area (Å²) in [5, 5.41) is 16.2. The molecule has 1 aliphatic rings. The maximum absolute atomic E-state index is 13.3. The topological polar surface area (TPSA) is 96.7 Å². The molecule has 0 radical (unpaired) electrons. The quantitative estimate of drug-likeness (QED) is 0.586. The lowest BCUT2D eigenvalue weighted by atomic mass is 10.0. The van der Waals surface area contributed by atoms with E-state index < -0.39 is 11.0 Å². The molecular formula is C19H21FN4O4. The van der Waals surface area contributed by atoms with Crippen LogP contribution >= 0.6 is 0 Å². The third-order valence-corrected chi connectivity index (χ3v) is 4.51. The van der Waals surface area contributed by atoms with E-state index in [0.29, 0.717) is 38.5 Å². The number of hydrogen-bond donors (Lipinski definition) is 2. The number of urea groups is 1. The summed E-state index contributed by atoms with van der Waals surface area (Å²) in [7, 11) is 0. The van der Waals surface area contributed by atoms with Crippen molar-refractivity contribution in [1.82, 2.24) is 10.2 Å². The molecule has 1 unspecified atom stereocenters. The first-order chi connectivity index (χ1) is 13.5. The van der Waals surface area contributed by atoms with Crippen molar-refractivity contribution in [3.05, 3.63) is 70.0 Å². The zero-order valence-corrected chi connectivity index (χ0v) is 15.1. The molecule has 8 nitrogen and oxygen atoms in total. The lowest BCUT2D eigenvalue weighted by molar-refractivity contribution is -0.384. The molecule has 0 bridgehead atoms. The average molecular weight is 388 g/mol. The van der Waals surface area contributed by atoms with E-state index in [9.17, 15) is 19.3 Å². The number of morpholine rings is 1. The van der Waals surface area contributed by atoms with Gasteiger partial charge in [-0.05, 0) is 23.8 Å². The fourth-order valence-electron chi connectivity index (χ4n) is 3.09. The number of halogens is 1. The number of nitro groups is 1. The summed E-state index contributed by atoms with van der Waals surface area (Å²) < 4.78 is 18.7. The van der Waals surface area contributed by atoms with Crippen molar-refractivity contribution in [1.29, 1.82) is 0 Å². The predicted octanol–water partition coefficient (Wildman–Crippen LogP) is 2.93. The standard InChI is InChI=1S/C19H21FN4O4/c20-15-6-4-14(5-7-15)18(23-8-10-28-11-9-23)13-21-19(25)22-16-2-1-3-17(12-16)24(26)27/h1-7,12,18H,8-11,13H2,(H2,21,22,25). The highest BCUT2D eigenvalue weighted by Crippen LogP contribution is 2.22. The summed E-state index contributed by atoms with van der Waals surface area (Å²) in [6.45, 7) is 2.90. The van der Waals surface area contributed by atoms with Crippen LogP contribution in [0.1, 0.15) is 11.6 Å². The molecule has 2 amide bonds. The fraction of sp³-hybridized carbons (Fsp3) is 0.316. The van der Waals surface area contributed by atoms with Crippen molar-refractivity contribution < 1.29 is 18.8 Å². The largest absolute Gasteiger partial charge is 0.379 e. The molecule has 2 N–H and O–H groups in total. The third kappa shape index (κ3) is 5.24. The predicted molar refractivity (Wildman–Crippen MR) is 102 cm³/mol. The Morgan fingerprint density at radius 1 is 1.21 bits per heavy atom. The van der Waals surface area contributed by atoms with Crippen molar-refractivity contribution in [3.63, 3.8) is 0 Å². The first-order valence-corrected chi connectivity index (χ1v) is 8.89. The highest BCUT2D eigenvalue weighted by atomic mass is 19.1. The van der Waals surface area contributed by atoms with E-state index in [2.05, 4.69) is 15.5 Å². The van der Waals surface area contributed by atoms with E-state index in [4.69, 9.17) is 4.74 Å². The zero-order valence-electron chi connectivity index (χ0n) is 15.1. The highest BCUT2D eigenvalue weighted by Gasteiger charge is 2.23. The number of non-ortho nitro benzene ring substituents is 1. The number of nitrogens with one attached hydrogen (secondary N) is 2. The number of anilines is 1. The number of amides is 2. The van der Waals surface area contributed by atoms with Crippen molar-refractivity contribution in [2.75, 3.05) is 38.2 Å². The molecule has 1 fully saturated rings. The Morgan fingerprint density at radius 2 is 1.93 bits per heavy atom. The highest BCUT2D eigenvalue weighted by molar-refractivity contribution is 5.89. The van der Waals surface area contributed by atoms with E-state index in [-0.39, 0.29) is 17.5 Å². The Balaban J connectivity index is 1.65. The molecule has 1 atom stereocenters. The van der Waals surface area contributed by atoms with Crippen molar-refractivity contribution >= 4 is 17.4 Å². The molecule has 2 aromatic carbocycles. The summed E-state index contributed by atoms with van der Waals surface area (Å²) in [6.07, 6.45) is 0. The van der Waals surface area contributed by atoms with E-state index in [1.54, 1.807) is 18.2 Å². The zero-order chi connectivity index (χ0) is 19.9. The molecule has 28 heavy (non-hydrogen) atoms. The second-order valence-corrected chi connectivity index (χ2v) is 6.36. The minimum atomic E-state index is -0.522. The van der Waals surface area contributed by atoms with Crippen LogP contribution in [0.15, 0.2) is 48.5 Å². The van der Waals surface area contributed by atoms with Crippen LogP contribution < -0.4 is 10.6 Å². The molecule has 0 spiro atoms. The Morgan fingerprint density at radius 3 is 2.61 bits per heavy atom. The Hall–Kier alpha value is -3.04. The van der Waals surface area contributed by atoms with Gasteiger partial charge in [0.05, 0.1) is 24.2 Å². The summed E-state index contributed by atoms with van der Waals surface area (Å²) in [5.74, 6) is -0.319. The van der Waals surface area contributed by atoms with Gasteiger partial charge in [-0.2, -0.15) is 0 Å². The Bertz CT molecular complexity index is 825. The second kappa shape index (κ2) is 9.25. The van der Waals surface area contributed by atoms with Crippen LogP contribution in [0.3, 0.4) is 0 Å². The molecule has 0 aliphatic carbocycles. The van der Waals surface area contributed by atoms with Crippen LogP contribution in [0.5, 0.6) is 0 Å². The van der Waals surface area contributed by atoms with Gasteiger partial charge in [0.2, 0.25) is 0 Å². The molecule has 148 valence electrons. The van der Waals surface area contributed by atoms with Crippen LogP contribution in [0.4, 0.5) is 20.6 Å². The number of carbonyl (C=O) groups excluding carboxylic acids is 1. The van der Waals surface area contributed by atoms with Crippen LogP contribution in [0, 0.1) is 15.9 Å². The number of nitrogens with zero attached hydrogens (tertiary/aromatic N) is 2.